The van der Waals surface area contributed by atoms with E-state index in [0.717, 1.165) is 41.4 Å². The van der Waals surface area contributed by atoms with E-state index in [2.05, 4.69) is 16.7 Å². The van der Waals surface area contributed by atoms with E-state index in [4.69, 9.17) is 21.7 Å². The Balaban J connectivity index is 1.43. The standard InChI is InChI=1S/C18H26N2O2S/c1-21-16-6-4-12(11-17(16)22-2)7-8-19-18(23)20-15-10-13-3-5-14(15)9-13/h4,6,11,13-15H,3,5,7-10H2,1-2H3,(H2,19,20,23). The second kappa shape index (κ2) is 7.39. The van der Waals surface area contributed by atoms with Crippen LogP contribution in [0.4, 0.5) is 0 Å². The van der Waals surface area contributed by atoms with Crippen molar-refractivity contribution >= 4 is 17.3 Å². The molecule has 2 bridgehead atoms. The minimum absolute atomic E-state index is 0.592. The lowest BCUT2D eigenvalue weighted by Gasteiger charge is -2.24. The van der Waals surface area contributed by atoms with Crippen LogP contribution >= 0.6 is 12.2 Å². The Kier molecular flexibility index (Phi) is 5.26. The first kappa shape index (κ1) is 16.4. The Morgan fingerprint density at radius 1 is 1.17 bits per heavy atom. The second-order valence-electron chi connectivity index (χ2n) is 6.62. The van der Waals surface area contributed by atoms with Gasteiger partial charge in [-0.25, -0.2) is 0 Å². The molecular weight excluding hydrogens is 308 g/mol. The number of thiocarbonyl (C=S) groups is 1. The molecule has 3 atom stereocenters. The Labute approximate surface area is 143 Å². The number of ether oxygens (including phenoxy) is 2. The van der Waals surface area contributed by atoms with Crippen LogP contribution in [0.3, 0.4) is 0 Å². The van der Waals surface area contributed by atoms with Crippen LogP contribution in [0.2, 0.25) is 0 Å². The van der Waals surface area contributed by atoms with Gasteiger partial charge >= 0.3 is 0 Å². The summed E-state index contributed by atoms with van der Waals surface area (Å²) >= 11 is 5.44. The molecule has 23 heavy (non-hydrogen) atoms. The van der Waals surface area contributed by atoms with Gasteiger partial charge in [0.2, 0.25) is 0 Å². The van der Waals surface area contributed by atoms with E-state index >= 15 is 0 Å². The first-order valence-electron chi connectivity index (χ1n) is 8.45. The van der Waals surface area contributed by atoms with Crippen LogP contribution in [0.1, 0.15) is 31.2 Å². The first-order chi connectivity index (χ1) is 11.2. The predicted octanol–water partition coefficient (Wildman–Crippen LogP) is 2.90. The molecule has 2 N–H and O–H groups in total. The Morgan fingerprint density at radius 2 is 2.00 bits per heavy atom. The van der Waals surface area contributed by atoms with E-state index in [0.29, 0.717) is 6.04 Å². The molecule has 2 aliphatic carbocycles. The van der Waals surface area contributed by atoms with Crippen molar-refractivity contribution in [3.8, 4) is 11.5 Å². The normalized spacial score (nSPS) is 25.2. The molecule has 0 aliphatic heterocycles. The lowest BCUT2D eigenvalue weighted by molar-refractivity contribution is 0.354. The lowest BCUT2D eigenvalue weighted by Crippen LogP contribution is -2.44. The molecule has 1 aromatic carbocycles. The SMILES string of the molecule is COc1ccc(CCNC(=S)NC2CC3CCC2C3)cc1OC. The van der Waals surface area contributed by atoms with E-state index in [-0.39, 0.29) is 0 Å². The zero-order valence-electron chi connectivity index (χ0n) is 13.9. The molecule has 2 fully saturated rings. The van der Waals surface area contributed by atoms with Crippen LogP contribution < -0.4 is 20.1 Å². The van der Waals surface area contributed by atoms with Gasteiger partial charge in [-0.15, -0.1) is 0 Å². The minimum Gasteiger partial charge on any atom is -0.493 e. The van der Waals surface area contributed by atoms with E-state index in [1.165, 1.54) is 31.2 Å². The molecular formula is C18H26N2O2S. The maximum atomic E-state index is 5.44. The molecule has 3 rings (SSSR count). The molecule has 0 spiro atoms. The van der Waals surface area contributed by atoms with Gasteiger partial charge in [0.1, 0.15) is 0 Å². The van der Waals surface area contributed by atoms with Crippen molar-refractivity contribution < 1.29 is 9.47 Å². The number of nitrogens with one attached hydrogen (secondary N) is 2. The average molecular weight is 334 g/mol. The minimum atomic E-state index is 0.592. The summed E-state index contributed by atoms with van der Waals surface area (Å²) in [6.07, 6.45) is 6.38. The second-order valence-corrected chi connectivity index (χ2v) is 7.03. The van der Waals surface area contributed by atoms with Gasteiger partial charge in [-0.05, 0) is 67.4 Å². The summed E-state index contributed by atoms with van der Waals surface area (Å²) in [5, 5.41) is 7.64. The zero-order valence-corrected chi connectivity index (χ0v) is 14.7. The number of benzene rings is 1. The third-order valence-corrected chi connectivity index (χ3v) is 5.46. The van der Waals surface area contributed by atoms with E-state index in [9.17, 15) is 0 Å². The van der Waals surface area contributed by atoms with Crippen molar-refractivity contribution in [3.63, 3.8) is 0 Å². The fourth-order valence-electron chi connectivity index (χ4n) is 4.00. The highest BCUT2D eigenvalue weighted by Gasteiger charge is 2.39. The van der Waals surface area contributed by atoms with Crippen molar-refractivity contribution in [3.05, 3.63) is 23.8 Å². The highest BCUT2D eigenvalue weighted by Crippen LogP contribution is 2.44. The van der Waals surface area contributed by atoms with E-state index < -0.39 is 0 Å². The van der Waals surface area contributed by atoms with Gasteiger partial charge < -0.3 is 20.1 Å². The Hall–Kier alpha value is -1.49. The van der Waals surface area contributed by atoms with Crippen LogP contribution in [0.5, 0.6) is 11.5 Å². The van der Waals surface area contributed by atoms with Crippen molar-refractivity contribution in [2.45, 2.75) is 38.1 Å². The summed E-state index contributed by atoms with van der Waals surface area (Å²) < 4.78 is 10.6. The molecule has 0 radical (unpaired) electrons. The molecule has 5 heteroatoms. The third-order valence-electron chi connectivity index (χ3n) is 5.20. The molecule has 4 nitrogen and oxygen atoms in total. The topological polar surface area (TPSA) is 42.5 Å². The van der Waals surface area contributed by atoms with Gasteiger partial charge in [-0.1, -0.05) is 12.5 Å². The van der Waals surface area contributed by atoms with Crippen LogP contribution in [0, 0.1) is 11.8 Å². The molecule has 0 heterocycles. The molecule has 0 amide bonds. The quantitative estimate of drug-likeness (QED) is 0.783. The van der Waals surface area contributed by atoms with Crippen LogP contribution in [0.25, 0.3) is 0 Å². The van der Waals surface area contributed by atoms with E-state index in [1.54, 1.807) is 14.2 Å². The van der Waals surface area contributed by atoms with Crippen LogP contribution in [0.15, 0.2) is 18.2 Å². The summed E-state index contributed by atoms with van der Waals surface area (Å²) in [6, 6.07) is 6.62. The Morgan fingerprint density at radius 3 is 2.65 bits per heavy atom. The highest BCUT2D eigenvalue weighted by atomic mass is 32.1. The fraction of sp³-hybridized carbons (Fsp3) is 0.611. The molecule has 2 saturated carbocycles. The number of hydrogen-bond acceptors (Lipinski definition) is 3. The van der Waals surface area contributed by atoms with Gasteiger partial charge in [0, 0.05) is 12.6 Å². The van der Waals surface area contributed by atoms with Crippen molar-refractivity contribution in [2.24, 2.45) is 11.8 Å². The maximum Gasteiger partial charge on any atom is 0.166 e. The Bertz CT molecular complexity index is 564. The molecule has 126 valence electrons. The highest BCUT2D eigenvalue weighted by molar-refractivity contribution is 7.80. The number of fused-ring (bicyclic) bond motifs is 2. The largest absolute Gasteiger partial charge is 0.493 e. The van der Waals surface area contributed by atoms with Crippen molar-refractivity contribution in [2.75, 3.05) is 20.8 Å². The van der Waals surface area contributed by atoms with E-state index in [1.807, 2.05) is 12.1 Å². The molecule has 0 saturated heterocycles. The van der Waals surface area contributed by atoms with Crippen molar-refractivity contribution in [1.29, 1.82) is 0 Å². The fourth-order valence-corrected chi connectivity index (χ4v) is 4.25. The van der Waals surface area contributed by atoms with Gasteiger partial charge in [-0.2, -0.15) is 0 Å². The molecule has 3 unspecified atom stereocenters. The molecule has 2 aliphatic rings. The van der Waals surface area contributed by atoms with Crippen LogP contribution in [-0.4, -0.2) is 31.9 Å². The maximum absolute atomic E-state index is 5.44. The summed E-state index contributed by atoms with van der Waals surface area (Å²) in [7, 11) is 3.31. The van der Waals surface area contributed by atoms with Gasteiger partial charge in [0.15, 0.2) is 16.6 Å². The summed E-state index contributed by atoms with van der Waals surface area (Å²) in [5.41, 5.74) is 1.21. The number of methoxy groups -OCH3 is 2. The zero-order chi connectivity index (χ0) is 16.2. The third kappa shape index (κ3) is 3.89. The summed E-state index contributed by atoms with van der Waals surface area (Å²) in [5.74, 6) is 3.31. The first-order valence-corrected chi connectivity index (χ1v) is 8.85. The predicted molar refractivity (Wildman–Crippen MR) is 96.2 cm³/mol. The summed E-state index contributed by atoms with van der Waals surface area (Å²) in [6.45, 7) is 0.822. The average Bonchev–Trinajstić information content (AvgIpc) is 3.17. The molecule has 0 aromatic heterocycles. The van der Waals surface area contributed by atoms with Gasteiger partial charge in [0.25, 0.3) is 0 Å². The van der Waals surface area contributed by atoms with Gasteiger partial charge in [-0.3, -0.25) is 0 Å². The number of rotatable bonds is 6. The molecule has 1 aromatic rings. The number of hydrogen-bond donors (Lipinski definition) is 2. The summed E-state index contributed by atoms with van der Waals surface area (Å²) in [4.78, 5) is 0. The van der Waals surface area contributed by atoms with Gasteiger partial charge in [0.05, 0.1) is 14.2 Å². The monoisotopic (exact) mass is 334 g/mol. The lowest BCUT2D eigenvalue weighted by atomic mass is 9.96. The van der Waals surface area contributed by atoms with Crippen LogP contribution in [-0.2, 0) is 6.42 Å². The van der Waals surface area contributed by atoms with Crippen molar-refractivity contribution in [1.82, 2.24) is 10.6 Å². The smallest absolute Gasteiger partial charge is 0.166 e.